The molecule has 3 aromatic rings. The summed E-state index contributed by atoms with van der Waals surface area (Å²) in [5.74, 6) is -0.190. The van der Waals surface area contributed by atoms with Crippen molar-refractivity contribution in [2.75, 3.05) is 36.5 Å². The number of nitrogens with zero attached hydrogens (tertiary/aromatic N) is 6. The van der Waals surface area contributed by atoms with Gasteiger partial charge in [-0.2, -0.15) is 5.10 Å². The lowest BCUT2D eigenvalue weighted by molar-refractivity contribution is 0.0865. The highest BCUT2D eigenvalue weighted by atomic mass is 32.2. The normalized spacial score (nSPS) is 19.1. The highest BCUT2D eigenvalue weighted by Crippen LogP contribution is 2.42. The van der Waals surface area contributed by atoms with Crippen molar-refractivity contribution in [2.24, 2.45) is 15.4 Å². The number of benzene rings is 2. The summed E-state index contributed by atoms with van der Waals surface area (Å²) >= 11 is 0. The lowest BCUT2D eigenvalue weighted by Crippen LogP contribution is -2.46. The molecule has 1 atom stereocenters. The van der Waals surface area contributed by atoms with Crippen molar-refractivity contribution in [3.8, 4) is 5.75 Å². The quantitative estimate of drug-likeness (QED) is 0.277. The van der Waals surface area contributed by atoms with E-state index in [0.29, 0.717) is 11.3 Å². The van der Waals surface area contributed by atoms with E-state index in [1.807, 2.05) is 52.1 Å². The van der Waals surface area contributed by atoms with Crippen LogP contribution in [0.2, 0.25) is 0 Å². The van der Waals surface area contributed by atoms with E-state index in [1.54, 1.807) is 18.3 Å². The predicted octanol–water partition coefficient (Wildman–Crippen LogP) is 6.56. The molecule has 0 saturated carbocycles. The average molecular weight is 677 g/mol. The maximum absolute atomic E-state index is 13.9. The molecular weight excluding hydrogens is 629 g/mol. The third-order valence-electron chi connectivity index (χ3n) is 9.33. The van der Waals surface area contributed by atoms with Gasteiger partial charge in [-0.25, -0.2) is 8.42 Å². The van der Waals surface area contributed by atoms with Crippen LogP contribution in [-0.2, 0) is 21.0 Å². The molecule has 1 fully saturated rings. The molecule has 2 aliphatic heterocycles. The Morgan fingerprint density at radius 2 is 1.67 bits per heavy atom. The first-order chi connectivity index (χ1) is 22.3. The van der Waals surface area contributed by atoms with E-state index in [2.05, 4.69) is 62.8 Å². The fourth-order valence-electron chi connectivity index (χ4n) is 6.59. The molecule has 3 heterocycles. The maximum atomic E-state index is 13.9. The van der Waals surface area contributed by atoms with Gasteiger partial charge >= 0.3 is 0 Å². The van der Waals surface area contributed by atoms with E-state index in [9.17, 15) is 13.2 Å². The smallest absolute Gasteiger partial charge is 0.255 e. The molecule has 0 spiro atoms. The van der Waals surface area contributed by atoms with E-state index in [1.165, 1.54) is 7.11 Å². The monoisotopic (exact) mass is 676 g/mol. The lowest BCUT2D eigenvalue weighted by Gasteiger charge is -2.41. The number of ether oxygens (including phenoxy) is 1. The molecule has 2 aliphatic rings. The van der Waals surface area contributed by atoms with Gasteiger partial charge in [0.25, 0.3) is 5.91 Å². The van der Waals surface area contributed by atoms with Gasteiger partial charge in [-0.15, -0.1) is 10.2 Å². The van der Waals surface area contributed by atoms with Crippen molar-refractivity contribution in [1.29, 1.82) is 0 Å². The minimum atomic E-state index is -3.62. The minimum absolute atomic E-state index is 0.130. The topological polar surface area (TPSA) is 143 Å². The van der Waals surface area contributed by atoms with Gasteiger partial charge in [0.2, 0.25) is 10.0 Å². The summed E-state index contributed by atoms with van der Waals surface area (Å²) in [4.78, 5) is 16.4. The summed E-state index contributed by atoms with van der Waals surface area (Å²) < 4.78 is 34.7. The fraction of sp³-hybridized carbons (Fsp3) is 0.514. The largest absolute Gasteiger partial charge is 0.492 e. The lowest BCUT2D eigenvalue weighted by atomic mass is 9.81. The van der Waals surface area contributed by atoms with Gasteiger partial charge in [0, 0.05) is 35.4 Å². The number of rotatable bonds is 8. The molecule has 0 radical (unpaired) electrons. The number of hydrogen-bond donors (Lipinski definition) is 2. The number of sulfonamides is 1. The molecule has 1 saturated heterocycles. The Morgan fingerprint density at radius 1 is 1.00 bits per heavy atom. The number of methoxy groups -OCH3 is 1. The first kappa shape index (κ1) is 35.2. The molecule has 0 bridgehead atoms. The zero-order chi connectivity index (χ0) is 35.2. The molecular formula is C35H48N8O4S. The van der Waals surface area contributed by atoms with Gasteiger partial charge < -0.3 is 10.1 Å². The molecule has 13 heteroatoms. The van der Waals surface area contributed by atoms with Crippen LogP contribution in [0.4, 0.5) is 11.4 Å². The molecule has 1 aromatic heterocycles. The number of aryl methyl sites for hydroxylation is 1. The van der Waals surface area contributed by atoms with Crippen LogP contribution in [0.15, 0.2) is 52.0 Å². The second kappa shape index (κ2) is 12.7. The van der Waals surface area contributed by atoms with Gasteiger partial charge in [-0.3, -0.25) is 19.1 Å². The molecule has 1 unspecified atom stereocenters. The van der Waals surface area contributed by atoms with Gasteiger partial charge in [0.05, 0.1) is 43.2 Å². The number of nitrogens with one attached hydrogen (secondary N) is 2. The first-order valence-corrected chi connectivity index (χ1v) is 18.1. The van der Waals surface area contributed by atoms with Crippen LogP contribution in [0.5, 0.6) is 5.75 Å². The molecule has 2 aromatic carbocycles. The number of carbonyl (C=O) groups is 1. The van der Waals surface area contributed by atoms with E-state index >= 15 is 0 Å². The second-order valence-electron chi connectivity index (χ2n) is 14.9. The summed E-state index contributed by atoms with van der Waals surface area (Å²) in [5.41, 5.74) is 4.04. The standard InChI is InChI=1S/C35H48N8O4S/c1-22-11-12-24(32(44)38-29-18-25(33(3,4)5)19-30(31(29)47-9)39-48(10,45)46)17-27(22)35(21-36-41-40-35)28-20-37-43(23(28)2)26-13-15-42(16-14-26)34(6,7)8/h11-12,17-21,26,39H,13-16H2,1-10H3,(H,38,44). The Bertz CT molecular complexity index is 1860. The van der Waals surface area contributed by atoms with Crippen molar-refractivity contribution in [3.05, 3.63) is 70.0 Å². The Labute approximate surface area is 284 Å². The molecule has 5 rings (SSSR count). The van der Waals surface area contributed by atoms with Gasteiger partial charge in [0.1, 0.15) is 0 Å². The number of carbonyl (C=O) groups excluding carboxylic acids is 1. The number of hydrogen-bond acceptors (Lipinski definition) is 9. The maximum Gasteiger partial charge on any atom is 0.255 e. The number of piperidine rings is 1. The van der Waals surface area contributed by atoms with Crippen molar-refractivity contribution in [3.63, 3.8) is 0 Å². The van der Waals surface area contributed by atoms with Gasteiger partial charge in [-0.05, 0) is 99.1 Å². The summed E-state index contributed by atoms with van der Waals surface area (Å²) in [6.07, 6.45) is 6.64. The Morgan fingerprint density at radius 3 is 2.23 bits per heavy atom. The molecule has 48 heavy (non-hydrogen) atoms. The first-order valence-electron chi connectivity index (χ1n) is 16.2. The van der Waals surface area contributed by atoms with Crippen molar-refractivity contribution in [2.45, 2.75) is 90.8 Å². The molecule has 12 nitrogen and oxygen atoms in total. The second-order valence-corrected chi connectivity index (χ2v) is 16.6. The summed E-state index contributed by atoms with van der Waals surface area (Å²) in [5, 5.41) is 20.7. The third-order valence-corrected chi connectivity index (χ3v) is 9.92. The Kier molecular flexibility index (Phi) is 9.34. The van der Waals surface area contributed by atoms with Crippen molar-refractivity contribution < 1.29 is 17.9 Å². The number of likely N-dealkylation sites (tertiary alicyclic amines) is 1. The van der Waals surface area contributed by atoms with E-state index in [-0.39, 0.29) is 28.4 Å². The Balaban J connectivity index is 1.50. The molecule has 0 aliphatic carbocycles. The van der Waals surface area contributed by atoms with Crippen molar-refractivity contribution in [1.82, 2.24) is 14.7 Å². The van der Waals surface area contributed by atoms with Crippen molar-refractivity contribution >= 4 is 33.5 Å². The molecule has 2 N–H and O–H groups in total. The van der Waals surface area contributed by atoms with Crippen LogP contribution in [0, 0.1) is 13.8 Å². The number of aromatic nitrogens is 2. The third kappa shape index (κ3) is 7.02. The SMILES string of the molecule is COc1c(NC(=O)c2ccc(C)c(C3(c4cnn(C5CCN(C(C)(C)C)CC5)c4C)C=NN=N3)c2)cc(C(C)(C)C)cc1NS(C)(=O)=O. The fourth-order valence-corrected chi connectivity index (χ4v) is 7.14. The number of anilines is 2. The van der Waals surface area contributed by atoms with Crippen LogP contribution in [0.25, 0.3) is 0 Å². The van der Waals surface area contributed by atoms with Crippen LogP contribution in [0.3, 0.4) is 0 Å². The number of amides is 1. The van der Waals surface area contributed by atoms with Crippen LogP contribution < -0.4 is 14.8 Å². The summed E-state index contributed by atoms with van der Waals surface area (Å²) in [7, 11) is -2.19. The van der Waals surface area contributed by atoms with E-state index < -0.39 is 21.5 Å². The van der Waals surface area contributed by atoms with Crippen LogP contribution >= 0.6 is 0 Å². The molecule has 1 amide bonds. The van der Waals surface area contributed by atoms with E-state index in [4.69, 9.17) is 9.84 Å². The predicted molar refractivity (Wildman–Crippen MR) is 190 cm³/mol. The van der Waals surface area contributed by atoms with Gasteiger partial charge in [-0.1, -0.05) is 26.8 Å². The zero-order valence-corrected chi connectivity index (χ0v) is 30.5. The van der Waals surface area contributed by atoms with E-state index in [0.717, 1.165) is 60.1 Å². The highest BCUT2D eigenvalue weighted by Gasteiger charge is 2.41. The van der Waals surface area contributed by atoms with Crippen LogP contribution in [0.1, 0.15) is 98.7 Å². The Hall–Kier alpha value is -4.10. The highest BCUT2D eigenvalue weighted by molar-refractivity contribution is 7.92. The molecule has 258 valence electrons. The average Bonchev–Trinajstić information content (AvgIpc) is 3.63. The van der Waals surface area contributed by atoms with Crippen LogP contribution in [-0.4, -0.2) is 67.2 Å². The summed E-state index contributed by atoms with van der Waals surface area (Å²) in [6, 6.07) is 9.25. The summed E-state index contributed by atoms with van der Waals surface area (Å²) in [6.45, 7) is 18.8. The van der Waals surface area contributed by atoms with Gasteiger partial charge in [0.15, 0.2) is 11.3 Å². The minimum Gasteiger partial charge on any atom is -0.492 e. The zero-order valence-electron chi connectivity index (χ0n) is 29.7.